The van der Waals surface area contributed by atoms with Crippen LogP contribution in [0.1, 0.15) is 21.7 Å². The Kier molecular flexibility index (Phi) is 2.78. The van der Waals surface area contributed by atoms with Crippen molar-refractivity contribution in [3.63, 3.8) is 0 Å². The predicted molar refractivity (Wildman–Crippen MR) is 61.0 cm³/mol. The van der Waals surface area contributed by atoms with Gasteiger partial charge in [-0.3, -0.25) is 4.79 Å². The molecule has 2 aromatic heterocycles. The van der Waals surface area contributed by atoms with Crippen molar-refractivity contribution in [1.82, 2.24) is 20.2 Å². The van der Waals surface area contributed by atoms with Crippen LogP contribution in [-0.2, 0) is 0 Å². The normalized spacial score (nSPS) is 10.2. The van der Waals surface area contributed by atoms with E-state index in [1.54, 1.807) is 32.3 Å². The molecule has 0 unspecified atom stereocenters. The molecule has 0 aliphatic heterocycles. The highest BCUT2D eigenvalue weighted by molar-refractivity contribution is 5.95. The molecule has 2 heterocycles. The molecule has 2 aromatic rings. The Morgan fingerprint density at radius 2 is 1.82 bits per heavy atom. The largest absolute Gasteiger partial charge is 0.365 e. The fourth-order valence-electron chi connectivity index (χ4n) is 1.62. The maximum atomic E-state index is 11.2. The summed E-state index contributed by atoms with van der Waals surface area (Å²) in [5.41, 5.74) is 7.52. The Hall–Kier alpha value is -2.37. The second-order valence-electron chi connectivity index (χ2n) is 3.59. The first kappa shape index (κ1) is 11.1. The SMILES string of the molecule is Cc1nc(-c2ccnnc2)nc(C)c1C(N)=O. The van der Waals surface area contributed by atoms with Crippen molar-refractivity contribution in [1.29, 1.82) is 0 Å². The molecular weight excluding hydrogens is 218 g/mol. The lowest BCUT2D eigenvalue weighted by Gasteiger charge is -2.07. The molecule has 0 atom stereocenters. The fourth-order valence-corrected chi connectivity index (χ4v) is 1.62. The van der Waals surface area contributed by atoms with Gasteiger partial charge in [0.15, 0.2) is 5.82 Å². The summed E-state index contributed by atoms with van der Waals surface area (Å²) < 4.78 is 0. The average Bonchev–Trinajstić information content (AvgIpc) is 2.28. The van der Waals surface area contributed by atoms with E-state index in [1.165, 1.54) is 0 Å². The standard InChI is InChI=1S/C11H11N5O/c1-6-9(10(12)17)7(2)16-11(15-6)8-3-4-13-14-5-8/h3-5H,1-2H3,(H2,12,17). The Morgan fingerprint density at radius 3 is 2.29 bits per heavy atom. The maximum absolute atomic E-state index is 11.2. The number of hydrogen-bond acceptors (Lipinski definition) is 5. The van der Waals surface area contributed by atoms with Gasteiger partial charge in [0.05, 0.1) is 29.3 Å². The van der Waals surface area contributed by atoms with E-state index in [4.69, 9.17) is 5.73 Å². The molecule has 2 N–H and O–H groups in total. The number of amides is 1. The molecule has 0 aromatic carbocycles. The van der Waals surface area contributed by atoms with Crippen molar-refractivity contribution < 1.29 is 4.79 Å². The Morgan fingerprint density at radius 1 is 1.18 bits per heavy atom. The van der Waals surface area contributed by atoms with E-state index in [9.17, 15) is 4.79 Å². The highest BCUT2D eigenvalue weighted by Gasteiger charge is 2.13. The molecule has 0 saturated carbocycles. The predicted octanol–water partition coefficient (Wildman–Crippen LogP) is 0.649. The second-order valence-corrected chi connectivity index (χ2v) is 3.59. The number of aromatic nitrogens is 4. The molecule has 6 heteroatoms. The quantitative estimate of drug-likeness (QED) is 0.815. The third-order valence-electron chi connectivity index (χ3n) is 2.36. The van der Waals surface area contributed by atoms with Crippen molar-refractivity contribution in [3.8, 4) is 11.4 Å². The van der Waals surface area contributed by atoms with E-state index in [2.05, 4.69) is 20.2 Å². The number of nitrogens with two attached hydrogens (primary N) is 1. The fraction of sp³-hybridized carbons (Fsp3) is 0.182. The van der Waals surface area contributed by atoms with Crippen LogP contribution in [0.5, 0.6) is 0 Å². The van der Waals surface area contributed by atoms with Crippen molar-refractivity contribution in [2.24, 2.45) is 5.73 Å². The zero-order valence-electron chi connectivity index (χ0n) is 9.51. The summed E-state index contributed by atoms with van der Waals surface area (Å²) in [5, 5.41) is 7.44. The van der Waals surface area contributed by atoms with Crippen LogP contribution in [0.2, 0.25) is 0 Å². The monoisotopic (exact) mass is 229 g/mol. The molecule has 0 aliphatic rings. The molecule has 0 radical (unpaired) electrons. The van der Waals surface area contributed by atoms with E-state index in [0.29, 0.717) is 22.8 Å². The van der Waals surface area contributed by atoms with Gasteiger partial charge in [-0.1, -0.05) is 0 Å². The molecule has 2 rings (SSSR count). The number of hydrogen-bond donors (Lipinski definition) is 1. The Balaban J connectivity index is 2.57. The number of rotatable bonds is 2. The van der Waals surface area contributed by atoms with Crippen LogP contribution in [-0.4, -0.2) is 26.1 Å². The summed E-state index contributed by atoms with van der Waals surface area (Å²) in [6.07, 6.45) is 3.13. The van der Waals surface area contributed by atoms with Gasteiger partial charge in [0, 0.05) is 5.56 Å². The summed E-state index contributed by atoms with van der Waals surface area (Å²) in [6.45, 7) is 3.46. The number of aryl methyl sites for hydroxylation is 2. The molecule has 0 saturated heterocycles. The summed E-state index contributed by atoms with van der Waals surface area (Å²) in [5.74, 6) is -0.000645. The van der Waals surface area contributed by atoms with Gasteiger partial charge >= 0.3 is 0 Å². The number of primary amides is 1. The van der Waals surface area contributed by atoms with Crippen LogP contribution in [0.25, 0.3) is 11.4 Å². The van der Waals surface area contributed by atoms with Gasteiger partial charge in [-0.2, -0.15) is 10.2 Å². The van der Waals surface area contributed by atoms with Gasteiger partial charge in [-0.15, -0.1) is 0 Å². The van der Waals surface area contributed by atoms with Gasteiger partial charge in [0.25, 0.3) is 5.91 Å². The van der Waals surface area contributed by atoms with Crippen molar-refractivity contribution in [2.45, 2.75) is 13.8 Å². The lowest BCUT2D eigenvalue weighted by Crippen LogP contribution is -2.17. The average molecular weight is 229 g/mol. The topological polar surface area (TPSA) is 94.7 Å². The first-order valence-corrected chi connectivity index (χ1v) is 5.01. The molecule has 0 aliphatic carbocycles. The summed E-state index contributed by atoms with van der Waals surface area (Å²) >= 11 is 0. The lowest BCUT2D eigenvalue weighted by molar-refractivity contribution is 0.0998. The Labute approximate surface area is 97.9 Å². The molecule has 86 valence electrons. The Bertz CT molecular complexity index is 544. The number of carbonyl (C=O) groups excluding carboxylic acids is 1. The van der Waals surface area contributed by atoms with Crippen molar-refractivity contribution in [2.75, 3.05) is 0 Å². The minimum atomic E-state index is -0.514. The van der Waals surface area contributed by atoms with Crippen LogP contribution in [0.3, 0.4) is 0 Å². The van der Waals surface area contributed by atoms with Crippen LogP contribution in [0.15, 0.2) is 18.5 Å². The minimum Gasteiger partial charge on any atom is -0.365 e. The highest BCUT2D eigenvalue weighted by Crippen LogP contribution is 2.16. The van der Waals surface area contributed by atoms with Gasteiger partial charge in [-0.25, -0.2) is 9.97 Å². The molecule has 0 spiro atoms. The first-order valence-electron chi connectivity index (χ1n) is 5.01. The second kappa shape index (κ2) is 4.25. The molecule has 17 heavy (non-hydrogen) atoms. The zero-order chi connectivity index (χ0) is 12.4. The van der Waals surface area contributed by atoms with E-state index in [1.807, 2.05) is 0 Å². The van der Waals surface area contributed by atoms with Crippen LogP contribution < -0.4 is 5.73 Å². The first-order chi connectivity index (χ1) is 8.09. The van der Waals surface area contributed by atoms with Gasteiger partial charge in [-0.05, 0) is 19.9 Å². The third-order valence-corrected chi connectivity index (χ3v) is 2.36. The van der Waals surface area contributed by atoms with Crippen LogP contribution in [0.4, 0.5) is 0 Å². The minimum absolute atomic E-state index is 0.371. The van der Waals surface area contributed by atoms with Crippen molar-refractivity contribution in [3.05, 3.63) is 35.4 Å². The summed E-state index contributed by atoms with van der Waals surface area (Å²) in [4.78, 5) is 19.7. The molecular formula is C11H11N5O. The molecule has 0 bridgehead atoms. The molecule has 6 nitrogen and oxygen atoms in total. The zero-order valence-corrected chi connectivity index (χ0v) is 9.51. The summed E-state index contributed by atoms with van der Waals surface area (Å²) in [7, 11) is 0. The van der Waals surface area contributed by atoms with E-state index < -0.39 is 5.91 Å². The van der Waals surface area contributed by atoms with E-state index >= 15 is 0 Å². The highest BCUT2D eigenvalue weighted by atomic mass is 16.1. The van der Waals surface area contributed by atoms with Crippen molar-refractivity contribution >= 4 is 5.91 Å². The van der Waals surface area contributed by atoms with Gasteiger partial charge in [0.2, 0.25) is 0 Å². The van der Waals surface area contributed by atoms with Crippen LogP contribution >= 0.6 is 0 Å². The molecule has 0 fully saturated rings. The number of nitrogens with zero attached hydrogens (tertiary/aromatic N) is 4. The maximum Gasteiger partial charge on any atom is 0.252 e. The third kappa shape index (κ3) is 2.10. The molecule has 1 amide bonds. The summed E-state index contributed by atoms with van der Waals surface area (Å²) in [6, 6.07) is 1.76. The van der Waals surface area contributed by atoms with Crippen LogP contribution in [0, 0.1) is 13.8 Å². The van der Waals surface area contributed by atoms with Gasteiger partial charge < -0.3 is 5.73 Å². The van der Waals surface area contributed by atoms with E-state index in [0.717, 1.165) is 5.56 Å². The van der Waals surface area contributed by atoms with E-state index in [-0.39, 0.29) is 0 Å². The lowest BCUT2D eigenvalue weighted by atomic mass is 10.1. The van der Waals surface area contributed by atoms with Gasteiger partial charge in [0.1, 0.15) is 0 Å². The number of carbonyl (C=O) groups is 1. The smallest absolute Gasteiger partial charge is 0.252 e.